The van der Waals surface area contributed by atoms with Crippen LogP contribution in [-0.2, 0) is 45.0 Å². The summed E-state index contributed by atoms with van der Waals surface area (Å²) in [5.74, 6) is -0.0649. The molecule has 0 saturated carbocycles. The summed E-state index contributed by atoms with van der Waals surface area (Å²) in [4.78, 5) is 53.8. The smallest absolute Gasteiger partial charge is 0.390 e. The lowest BCUT2D eigenvalue weighted by atomic mass is 10.2. The molecular formula is C15H30N4O16P4. The second-order valence-corrected chi connectivity index (χ2v) is 14.1. The molecule has 1 aliphatic heterocycles. The number of anilines is 1. The summed E-state index contributed by atoms with van der Waals surface area (Å²) in [6.07, 6.45) is -0.501. The number of phosphoric acid groups is 4. The van der Waals surface area contributed by atoms with Crippen molar-refractivity contribution in [2.45, 2.75) is 50.5 Å². The molecule has 0 spiro atoms. The Labute approximate surface area is 221 Å². The lowest BCUT2D eigenvalue weighted by Crippen LogP contribution is -2.28. The molecule has 0 amide bonds. The van der Waals surface area contributed by atoms with Crippen LogP contribution in [0.3, 0.4) is 0 Å². The fourth-order valence-corrected chi connectivity index (χ4v) is 8.07. The minimum Gasteiger partial charge on any atom is -0.390 e. The Morgan fingerprint density at radius 3 is 2.10 bits per heavy atom. The Bertz CT molecular complexity index is 1210. The van der Waals surface area contributed by atoms with Gasteiger partial charge in [-0.3, -0.25) is 13.6 Å². The lowest BCUT2D eigenvalue weighted by molar-refractivity contribution is -0.0449. The fraction of sp³-hybridized carbons (Fsp3) is 0.733. The molecule has 9 N–H and O–H groups in total. The average molecular weight is 646 g/mol. The third-order valence-corrected chi connectivity index (χ3v) is 10.7. The molecule has 7 atom stereocenters. The lowest BCUT2D eigenvalue weighted by Gasteiger charge is -2.21. The van der Waals surface area contributed by atoms with Gasteiger partial charge in [-0.1, -0.05) is 12.8 Å². The van der Waals surface area contributed by atoms with Crippen molar-refractivity contribution >= 4 is 37.1 Å². The normalized spacial score (nSPS) is 25.8. The van der Waals surface area contributed by atoms with Crippen molar-refractivity contribution in [2.75, 3.05) is 25.5 Å². The molecule has 1 aromatic rings. The highest BCUT2D eigenvalue weighted by atomic mass is 31.3. The molecule has 39 heavy (non-hydrogen) atoms. The second kappa shape index (κ2) is 14.3. The van der Waals surface area contributed by atoms with E-state index in [1.807, 2.05) is 0 Å². The Morgan fingerprint density at radius 2 is 1.51 bits per heavy atom. The summed E-state index contributed by atoms with van der Waals surface area (Å²) in [5, 5.41) is 10.1. The number of nitrogens with two attached hydrogens (primary N) is 2. The zero-order chi connectivity index (χ0) is 29.5. The first-order chi connectivity index (χ1) is 17.9. The zero-order valence-electron chi connectivity index (χ0n) is 20.1. The predicted molar refractivity (Wildman–Crippen MR) is 129 cm³/mol. The largest absolute Gasteiger partial charge is 0.490 e. The highest BCUT2D eigenvalue weighted by Gasteiger charge is 2.46. The molecule has 1 aliphatic rings. The van der Waals surface area contributed by atoms with E-state index >= 15 is 0 Å². The quantitative estimate of drug-likeness (QED) is 0.0893. The first kappa shape index (κ1) is 34.3. The van der Waals surface area contributed by atoms with E-state index in [-0.39, 0.29) is 25.3 Å². The fourth-order valence-electron chi connectivity index (χ4n) is 3.10. The standard InChI is InChI=1S/C15H30N4O16P4/c16-6-3-1-2-4-8-30-36(22,23)33-38(26,27)35-39(28,29)34-37(24,25)31-10-12-11(20)9-14(32-12)19-7-5-13(17)18-15(19)21/h5,7,11-12,14,20H,1-4,6,8-10,16H2,(H,22,23)(H,24,25)(H,26,27)(H,28,29)(H2,17,18,21)/t11?,12-,14-/m1/s1. The van der Waals surface area contributed by atoms with Gasteiger partial charge in [0.1, 0.15) is 18.1 Å². The number of nitrogens with zero attached hydrogens (tertiary/aromatic N) is 2. The van der Waals surface area contributed by atoms with Gasteiger partial charge in [0.15, 0.2) is 0 Å². The molecule has 0 bridgehead atoms. The van der Waals surface area contributed by atoms with Crippen molar-refractivity contribution in [3.8, 4) is 0 Å². The minimum absolute atomic E-state index is 0.0649. The van der Waals surface area contributed by atoms with E-state index < -0.39 is 62.0 Å². The van der Waals surface area contributed by atoms with E-state index in [0.717, 1.165) is 4.57 Å². The van der Waals surface area contributed by atoms with E-state index in [2.05, 4.69) is 27.0 Å². The van der Waals surface area contributed by atoms with Crippen LogP contribution in [0, 0.1) is 0 Å². The molecule has 0 aliphatic carbocycles. The third-order valence-electron chi connectivity index (χ3n) is 4.74. The van der Waals surface area contributed by atoms with Gasteiger partial charge in [-0.25, -0.2) is 23.1 Å². The second-order valence-electron chi connectivity index (χ2n) is 7.93. The summed E-state index contributed by atoms with van der Waals surface area (Å²) in [6.45, 7) is -0.865. The maximum Gasteiger partial charge on any atom is 0.490 e. The van der Waals surface area contributed by atoms with E-state index in [0.29, 0.717) is 25.8 Å². The molecule has 2 heterocycles. The van der Waals surface area contributed by atoms with E-state index in [1.54, 1.807) is 0 Å². The van der Waals surface area contributed by atoms with Crippen LogP contribution in [0.25, 0.3) is 0 Å². The van der Waals surface area contributed by atoms with Gasteiger partial charge in [0, 0.05) is 12.6 Å². The molecule has 2 rings (SSSR count). The van der Waals surface area contributed by atoms with Crippen LogP contribution in [0.15, 0.2) is 17.1 Å². The molecule has 20 nitrogen and oxygen atoms in total. The molecule has 0 radical (unpaired) electrons. The number of rotatable bonds is 17. The van der Waals surface area contributed by atoms with Crippen molar-refractivity contribution in [3.05, 3.63) is 22.7 Å². The van der Waals surface area contributed by atoms with Crippen molar-refractivity contribution in [3.63, 3.8) is 0 Å². The maximum atomic E-state index is 12.1. The number of hydrogen-bond acceptors (Lipinski definition) is 15. The maximum absolute atomic E-state index is 12.1. The van der Waals surface area contributed by atoms with Gasteiger partial charge in [0.2, 0.25) is 0 Å². The number of ether oxygens (including phenoxy) is 1. The number of nitrogen functional groups attached to an aromatic ring is 1. The first-order valence-electron chi connectivity index (χ1n) is 11.1. The van der Waals surface area contributed by atoms with Crippen LogP contribution < -0.4 is 17.2 Å². The Balaban J connectivity index is 1.88. The first-order valence-corrected chi connectivity index (χ1v) is 17.0. The molecule has 0 aromatic carbocycles. The Hall–Kier alpha value is -0.880. The topological polar surface area (TPSA) is 312 Å². The van der Waals surface area contributed by atoms with Gasteiger partial charge in [-0.15, -0.1) is 0 Å². The average Bonchev–Trinajstić information content (AvgIpc) is 3.12. The van der Waals surface area contributed by atoms with E-state index in [4.69, 9.17) is 16.2 Å². The summed E-state index contributed by atoms with van der Waals surface area (Å²) >= 11 is 0. The van der Waals surface area contributed by atoms with Crippen molar-refractivity contribution in [2.24, 2.45) is 5.73 Å². The van der Waals surface area contributed by atoms with Crippen LogP contribution in [0.4, 0.5) is 5.82 Å². The monoisotopic (exact) mass is 646 g/mol. The van der Waals surface area contributed by atoms with Crippen molar-refractivity contribution in [1.29, 1.82) is 0 Å². The summed E-state index contributed by atoms with van der Waals surface area (Å²) in [5.41, 5.74) is 9.91. The van der Waals surface area contributed by atoms with Gasteiger partial charge in [0.05, 0.1) is 19.3 Å². The summed E-state index contributed by atoms with van der Waals surface area (Å²) < 4.78 is 74.6. The van der Waals surface area contributed by atoms with Crippen LogP contribution in [-0.4, -0.2) is 66.2 Å². The van der Waals surface area contributed by atoms with E-state index in [1.165, 1.54) is 12.3 Å². The van der Waals surface area contributed by atoms with Gasteiger partial charge < -0.3 is 40.9 Å². The predicted octanol–water partition coefficient (Wildman–Crippen LogP) is 0.478. The van der Waals surface area contributed by atoms with E-state index in [9.17, 15) is 47.7 Å². The van der Waals surface area contributed by atoms with Gasteiger partial charge >= 0.3 is 37.0 Å². The van der Waals surface area contributed by atoms with Gasteiger partial charge in [-0.2, -0.15) is 17.9 Å². The van der Waals surface area contributed by atoms with Gasteiger partial charge in [-0.05, 0) is 25.5 Å². The summed E-state index contributed by atoms with van der Waals surface area (Å²) in [7, 11) is -22.7. The number of aromatic nitrogens is 2. The van der Waals surface area contributed by atoms with Crippen molar-refractivity contribution < 1.29 is 69.7 Å². The number of phosphoric ester groups is 2. The highest BCUT2D eigenvalue weighted by Crippen LogP contribution is 2.71. The molecule has 1 fully saturated rings. The number of unbranched alkanes of at least 4 members (excludes halogenated alkanes) is 3. The zero-order valence-corrected chi connectivity index (χ0v) is 23.7. The SMILES string of the molecule is NCCCCCCOP(=O)(O)OP(=O)(O)OP(=O)(O)OP(=O)(O)OC[C@H]1O[C@@H](n2ccc(N)nc2=O)CC1O. The molecule has 226 valence electrons. The van der Waals surface area contributed by atoms with Gasteiger partial charge in [0.25, 0.3) is 0 Å². The Morgan fingerprint density at radius 1 is 0.949 bits per heavy atom. The molecule has 5 unspecified atom stereocenters. The highest BCUT2D eigenvalue weighted by molar-refractivity contribution is 7.69. The molecule has 1 aromatic heterocycles. The van der Waals surface area contributed by atoms with Crippen LogP contribution in [0.2, 0.25) is 0 Å². The molecular weight excluding hydrogens is 616 g/mol. The van der Waals surface area contributed by atoms with Crippen LogP contribution in [0.1, 0.15) is 38.3 Å². The van der Waals surface area contributed by atoms with Crippen LogP contribution >= 0.6 is 31.3 Å². The summed E-state index contributed by atoms with van der Waals surface area (Å²) in [6, 6.07) is 1.28. The molecule has 24 heteroatoms. The molecule has 1 saturated heterocycles. The number of hydrogen-bond donors (Lipinski definition) is 7. The Kier molecular flexibility index (Phi) is 12.6. The number of aliphatic hydroxyl groups is 1. The minimum atomic E-state index is -5.96. The third kappa shape index (κ3) is 12.3. The van der Waals surface area contributed by atoms with Crippen molar-refractivity contribution in [1.82, 2.24) is 9.55 Å². The number of aliphatic hydroxyl groups excluding tert-OH is 1. The van der Waals surface area contributed by atoms with Crippen LogP contribution in [0.5, 0.6) is 0 Å².